The summed E-state index contributed by atoms with van der Waals surface area (Å²) >= 11 is 0. The van der Waals surface area contributed by atoms with E-state index in [4.69, 9.17) is 24.7 Å². The average molecular weight is 511 g/mol. The number of carboxylic acid groups (broad SMARTS) is 1. The molecular formula is C26H42N2O8. The van der Waals surface area contributed by atoms with Crippen LogP contribution < -0.4 is 20.5 Å². The molecule has 0 aromatic heterocycles. The van der Waals surface area contributed by atoms with Crippen LogP contribution >= 0.6 is 0 Å². The van der Waals surface area contributed by atoms with E-state index in [-0.39, 0.29) is 0 Å². The van der Waals surface area contributed by atoms with E-state index in [1.807, 2.05) is 0 Å². The van der Waals surface area contributed by atoms with Gasteiger partial charge in [-0.05, 0) is 59.6 Å². The fourth-order valence-electron chi connectivity index (χ4n) is 3.50. The molecule has 1 fully saturated rings. The van der Waals surface area contributed by atoms with Crippen LogP contribution in [0.4, 0.5) is 4.79 Å². The third-order valence-corrected chi connectivity index (χ3v) is 5.43. The second-order valence-corrected chi connectivity index (χ2v) is 10.2. The van der Waals surface area contributed by atoms with E-state index < -0.39 is 41.7 Å². The number of hydrogen-bond acceptors (Lipinski definition) is 8. The Hall–Kier alpha value is -3.01. The van der Waals surface area contributed by atoms with E-state index in [0.717, 1.165) is 0 Å². The number of amides is 1. The second-order valence-electron chi connectivity index (χ2n) is 10.2. The molecule has 204 valence electrons. The molecule has 10 heteroatoms. The van der Waals surface area contributed by atoms with Gasteiger partial charge in [0, 0.05) is 17.7 Å². The summed E-state index contributed by atoms with van der Waals surface area (Å²) in [5.41, 5.74) is 4.30. The van der Waals surface area contributed by atoms with E-state index in [9.17, 15) is 19.5 Å². The predicted molar refractivity (Wildman–Crippen MR) is 135 cm³/mol. The van der Waals surface area contributed by atoms with Gasteiger partial charge >= 0.3 is 18.0 Å². The third-order valence-electron chi connectivity index (χ3n) is 5.43. The number of carbonyl (C=O) groups is 3. The SMILES string of the molecule is COc1cc(OC)cc(C(C)(C)OC(=O)N[C@@H](CC(=O)OC(C)(C)C)C(=O)O)c1.NC1CCCCC1. The summed E-state index contributed by atoms with van der Waals surface area (Å²) in [6, 6.07) is 4.05. The lowest BCUT2D eigenvalue weighted by Crippen LogP contribution is -2.45. The number of methoxy groups -OCH3 is 2. The van der Waals surface area contributed by atoms with Crippen LogP contribution in [0.2, 0.25) is 0 Å². The Bertz CT molecular complexity index is 851. The van der Waals surface area contributed by atoms with Crippen LogP contribution in [0.3, 0.4) is 0 Å². The largest absolute Gasteiger partial charge is 0.497 e. The van der Waals surface area contributed by atoms with E-state index in [1.165, 1.54) is 46.3 Å². The Labute approximate surface area is 213 Å². The number of rotatable bonds is 8. The summed E-state index contributed by atoms with van der Waals surface area (Å²) < 4.78 is 20.9. The maximum Gasteiger partial charge on any atom is 0.408 e. The molecule has 1 aromatic carbocycles. The minimum atomic E-state index is -1.49. The smallest absolute Gasteiger partial charge is 0.408 e. The number of carboxylic acids is 1. The normalized spacial score (nSPS) is 15.0. The topological polar surface area (TPSA) is 146 Å². The number of carbonyl (C=O) groups excluding carboxylic acids is 2. The standard InChI is InChI=1S/C20H29NO8.C6H13N/c1-19(2,3)28-16(22)11-15(17(23)24)21-18(25)29-20(4,5)12-8-13(26-6)10-14(9-12)27-7;7-6-4-2-1-3-5-6/h8-10,15H,11H2,1-7H3,(H,21,25)(H,23,24);6H,1-5,7H2/t15-;/m0./s1. The first-order valence-corrected chi connectivity index (χ1v) is 12.1. The molecule has 0 heterocycles. The first-order chi connectivity index (χ1) is 16.7. The van der Waals surface area contributed by atoms with Crippen LogP contribution in [0.25, 0.3) is 0 Å². The molecule has 0 spiro atoms. The summed E-state index contributed by atoms with van der Waals surface area (Å²) in [7, 11) is 2.99. The predicted octanol–water partition coefficient (Wildman–Crippen LogP) is 4.13. The molecule has 36 heavy (non-hydrogen) atoms. The summed E-state index contributed by atoms with van der Waals surface area (Å²) in [5.74, 6) is -1.12. The van der Waals surface area contributed by atoms with E-state index in [1.54, 1.807) is 52.8 Å². The quantitative estimate of drug-likeness (QED) is 0.439. The summed E-state index contributed by atoms with van der Waals surface area (Å²) in [4.78, 5) is 35.6. The minimum Gasteiger partial charge on any atom is -0.497 e. The molecule has 0 saturated heterocycles. The van der Waals surface area contributed by atoms with Gasteiger partial charge in [-0.3, -0.25) is 4.79 Å². The molecule has 1 amide bonds. The molecule has 1 aromatic rings. The van der Waals surface area contributed by atoms with Gasteiger partial charge < -0.3 is 35.1 Å². The summed E-state index contributed by atoms with van der Waals surface area (Å²) in [6.07, 6.45) is 5.14. The van der Waals surface area contributed by atoms with E-state index >= 15 is 0 Å². The van der Waals surface area contributed by atoms with Crippen LogP contribution in [0.5, 0.6) is 11.5 Å². The molecule has 4 N–H and O–H groups in total. The van der Waals surface area contributed by atoms with Crippen molar-refractivity contribution in [2.75, 3.05) is 14.2 Å². The monoisotopic (exact) mass is 510 g/mol. The Balaban J connectivity index is 0.000000789. The van der Waals surface area contributed by atoms with Crippen molar-refractivity contribution in [3.8, 4) is 11.5 Å². The Kier molecular flexibility index (Phi) is 12.0. The zero-order valence-corrected chi connectivity index (χ0v) is 22.5. The first-order valence-electron chi connectivity index (χ1n) is 12.1. The lowest BCUT2D eigenvalue weighted by molar-refractivity contribution is -0.158. The molecule has 1 atom stereocenters. The molecule has 1 saturated carbocycles. The molecule has 0 radical (unpaired) electrons. The van der Waals surface area contributed by atoms with Crippen LogP contribution in [-0.4, -0.2) is 55.0 Å². The van der Waals surface area contributed by atoms with Crippen molar-refractivity contribution in [2.45, 2.75) is 96.4 Å². The van der Waals surface area contributed by atoms with Crippen LogP contribution in [-0.2, 0) is 24.7 Å². The molecule has 1 aliphatic carbocycles. The average Bonchev–Trinajstić information content (AvgIpc) is 2.77. The highest BCUT2D eigenvalue weighted by atomic mass is 16.6. The van der Waals surface area contributed by atoms with Gasteiger partial charge in [0.25, 0.3) is 0 Å². The molecule has 10 nitrogen and oxygen atoms in total. The fraction of sp³-hybridized carbons (Fsp3) is 0.654. The van der Waals surface area contributed by atoms with Crippen molar-refractivity contribution in [2.24, 2.45) is 5.73 Å². The number of nitrogens with two attached hydrogens (primary N) is 1. The molecule has 2 rings (SSSR count). The number of esters is 1. The molecular weight excluding hydrogens is 468 g/mol. The van der Waals surface area contributed by atoms with Crippen LogP contribution in [0.15, 0.2) is 18.2 Å². The zero-order chi connectivity index (χ0) is 27.5. The summed E-state index contributed by atoms with van der Waals surface area (Å²) in [6.45, 7) is 8.24. The number of alkyl carbamates (subject to hydrolysis) is 1. The summed E-state index contributed by atoms with van der Waals surface area (Å²) in [5, 5.41) is 11.5. The highest BCUT2D eigenvalue weighted by Gasteiger charge is 2.31. The van der Waals surface area contributed by atoms with Crippen LogP contribution in [0.1, 0.15) is 78.7 Å². The van der Waals surface area contributed by atoms with E-state index in [0.29, 0.717) is 23.1 Å². The van der Waals surface area contributed by atoms with Gasteiger partial charge in [-0.15, -0.1) is 0 Å². The Morgan fingerprint density at radius 3 is 1.89 bits per heavy atom. The van der Waals surface area contributed by atoms with Crippen molar-refractivity contribution in [1.82, 2.24) is 5.32 Å². The highest BCUT2D eigenvalue weighted by molar-refractivity contribution is 5.85. The number of hydrogen-bond donors (Lipinski definition) is 3. The maximum absolute atomic E-state index is 12.3. The number of aliphatic carboxylic acids is 1. The molecule has 0 bridgehead atoms. The van der Waals surface area contributed by atoms with Crippen molar-refractivity contribution in [3.63, 3.8) is 0 Å². The van der Waals surface area contributed by atoms with Crippen molar-refractivity contribution >= 4 is 18.0 Å². The number of nitrogens with one attached hydrogen (secondary N) is 1. The fourth-order valence-corrected chi connectivity index (χ4v) is 3.50. The van der Waals surface area contributed by atoms with Crippen molar-refractivity contribution in [3.05, 3.63) is 23.8 Å². The molecule has 0 aliphatic heterocycles. The van der Waals surface area contributed by atoms with Gasteiger partial charge in [-0.25, -0.2) is 9.59 Å². The molecule has 1 aliphatic rings. The lowest BCUT2D eigenvalue weighted by atomic mass is 9.97. The van der Waals surface area contributed by atoms with E-state index in [2.05, 4.69) is 5.32 Å². The zero-order valence-electron chi connectivity index (χ0n) is 22.5. The van der Waals surface area contributed by atoms with Gasteiger partial charge in [0.15, 0.2) is 0 Å². The number of ether oxygens (including phenoxy) is 4. The second kappa shape index (κ2) is 13.9. The van der Waals surface area contributed by atoms with Crippen molar-refractivity contribution < 1.29 is 38.4 Å². The minimum absolute atomic E-state index is 0.504. The Morgan fingerprint density at radius 2 is 1.50 bits per heavy atom. The first kappa shape index (κ1) is 31.0. The number of benzene rings is 1. The lowest BCUT2D eigenvalue weighted by Gasteiger charge is -2.27. The maximum atomic E-state index is 12.3. The Morgan fingerprint density at radius 1 is 0.972 bits per heavy atom. The van der Waals surface area contributed by atoms with Gasteiger partial charge in [-0.2, -0.15) is 0 Å². The molecule has 0 unspecified atom stereocenters. The highest BCUT2D eigenvalue weighted by Crippen LogP contribution is 2.32. The van der Waals surface area contributed by atoms with Gasteiger partial charge in [-0.1, -0.05) is 19.3 Å². The van der Waals surface area contributed by atoms with Crippen LogP contribution in [0, 0.1) is 0 Å². The van der Waals surface area contributed by atoms with Gasteiger partial charge in [0.2, 0.25) is 0 Å². The van der Waals surface area contributed by atoms with Crippen molar-refractivity contribution in [1.29, 1.82) is 0 Å². The van der Waals surface area contributed by atoms with Gasteiger partial charge in [0.05, 0.1) is 20.6 Å². The third kappa shape index (κ3) is 11.6. The van der Waals surface area contributed by atoms with Gasteiger partial charge in [0.1, 0.15) is 28.7 Å².